The normalized spacial score (nSPS) is 12.1. The fraction of sp³-hybridized carbons (Fsp3) is 0.143. The number of thiol groups is 1. The average molecular weight is 294 g/mol. The van der Waals surface area contributed by atoms with Crippen molar-refractivity contribution in [3.8, 4) is 0 Å². The summed E-state index contributed by atoms with van der Waals surface area (Å²) in [6.07, 6.45) is 0.681. The number of rotatable bonds is 4. The molecule has 0 aliphatic heterocycles. The molecule has 0 heterocycles. The summed E-state index contributed by atoms with van der Waals surface area (Å²) in [5.74, 6) is 0. The third-order valence-electron chi connectivity index (χ3n) is 2.86. The minimum Gasteiger partial charge on any atom is -0.258 e. The lowest BCUT2D eigenvalue weighted by atomic mass is 10.0. The van der Waals surface area contributed by atoms with Gasteiger partial charge in [0.2, 0.25) is 0 Å². The summed E-state index contributed by atoms with van der Waals surface area (Å²) in [6.45, 7) is 0. The van der Waals surface area contributed by atoms with E-state index in [0.717, 1.165) is 11.1 Å². The van der Waals surface area contributed by atoms with Crippen LogP contribution in [0.1, 0.15) is 16.4 Å². The highest BCUT2D eigenvalue weighted by Gasteiger charge is 2.11. The summed E-state index contributed by atoms with van der Waals surface area (Å²) >= 11 is 10.6. The number of nitro groups is 1. The van der Waals surface area contributed by atoms with Crippen molar-refractivity contribution in [2.24, 2.45) is 0 Å². The van der Waals surface area contributed by atoms with E-state index in [-0.39, 0.29) is 10.9 Å². The first-order valence-corrected chi connectivity index (χ1v) is 6.63. The molecule has 0 spiro atoms. The third-order valence-corrected chi connectivity index (χ3v) is 3.71. The molecule has 3 nitrogen and oxygen atoms in total. The Morgan fingerprint density at radius 3 is 2.37 bits per heavy atom. The van der Waals surface area contributed by atoms with Crippen molar-refractivity contribution < 1.29 is 4.92 Å². The van der Waals surface area contributed by atoms with E-state index in [1.807, 2.05) is 24.3 Å². The van der Waals surface area contributed by atoms with Crippen LogP contribution in [0.4, 0.5) is 5.69 Å². The Kier molecular flexibility index (Phi) is 4.45. The minimum atomic E-state index is -0.411. The number of non-ortho nitro benzene ring substituents is 1. The van der Waals surface area contributed by atoms with Crippen molar-refractivity contribution in [2.75, 3.05) is 0 Å². The zero-order chi connectivity index (χ0) is 13.8. The van der Waals surface area contributed by atoms with Gasteiger partial charge in [-0.25, -0.2) is 0 Å². The van der Waals surface area contributed by atoms with Gasteiger partial charge in [-0.05, 0) is 23.6 Å². The van der Waals surface area contributed by atoms with Crippen LogP contribution < -0.4 is 0 Å². The Hall–Kier alpha value is -1.52. The molecule has 0 saturated carbocycles. The number of benzene rings is 2. The second kappa shape index (κ2) is 6.08. The summed E-state index contributed by atoms with van der Waals surface area (Å²) in [4.78, 5) is 10.2. The summed E-state index contributed by atoms with van der Waals surface area (Å²) in [5, 5.41) is 11.3. The molecule has 0 saturated heterocycles. The Morgan fingerprint density at radius 1 is 1.16 bits per heavy atom. The molecule has 0 radical (unpaired) electrons. The number of nitro benzene ring substituents is 1. The second-order valence-corrected chi connectivity index (χ2v) is 5.19. The van der Waals surface area contributed by atoms with Gasteiger partial charge in [-0.1, -0.05) is 41.9 Å². The van der Waals surface area contributed by atoms with E-state index in [9.17, 15) is 10.1 Å². The Labute approximate surface area is 121 Å². The first-order valence-electron chi connectivity index (χ1n) is 5.74. The second-order valence-electron chi connectivity index (χ2n) is 4.16. The van der Waals surface area contributed by atoms with Gasteiger partial charge in [0.1, 0.15) is 0 Å². The molecule has 0 aliphatic rings. The van der Waals surface area contributed by atoms with Crippen LogP contribution in [-0.4, -0.2) is 4.92 Å². The van der Waals surface area contributed by atoms with E-state index in [2.05, 4.69) is 12.6 Å². The molecule has 0 bridgehead atoms. The van der Waals surface area contributed by atoms with E-state index in [4.69, 9.17) is 11.6 Å². The lowest BCUT2D eigenvalue weighted by Gasteiger charge is -2.12. The van der Waals surface area contributed by atoms with Crippen molar-refractivity contribution in [3.63, 3.8) is 0 Å². The molecule has 2 rings (SSSR count). The van der Waals surface area contributed by atoms with Crippen LogP contribution in [0, 0.1) is 10.1 Å². The molecule has 2 aromatic carbocycles. The zero-order valence-corrected chi connectivity index (χ0v) is 11.6. The van der Waals surface area contributed by atoms with Crippen LogP contribution in [0.2, 0.25) is 5.02 Å². The van der Waals surface area contributed by atoms with Crippen LogP contribution in [0.15, 0.2) is 48.5 Å². The topological polar surface area (TPSA) is 43.1 Å². The van der Waals surface area contributed by atoms with Gasteiger partial charge < -0.3 is 0 Å². The predicted octanol–water partition coefficient (Wildman–Crippen LogP) is 4.46. The smallest absolute Gasteiger partial charge is 0.258 e. The van der Waals surface area contributed by atoms with E-state index in [0.29, 0.717) is 11.4 Å². The first-order chi connectivity index (χ1) is 9.08. The van der Waals surface area contributed by atoms with Crippen molar-refractivity contribution in [3.05, 3.63) is 74.8 Å². The Bertz CT molecular complexity index is 586. The molecule has 19 heavy (non-hydrogen) atoms. The van der Waals surface area contributed by atoms with Crippen LogP contribution in [-0.2, 0) is 6.42 Å². The largest absolute Gasteiger partial charge is 0.269 e. The van der Waals surface area contributed by atoms with E-state index >= 15 is 0 Å². The van der Waals surface area contributed by atoms with Crippen molar-refractivity contribution in [2.45, 2.75) is 11.7 Å². The van der Waals surface area contributed by atoms with Gasteiger partial charge in [0.05, 0.1) is 4.92 Å². The molecule has 0 amide bonds. The highest BCUT2D eigenvalue weighted by molar-refractivity contribution is 7.80. The van der Waals surface area contributed by atoms with Gasteiger partial charge >= 0.3 is 0 Å². The third kappa shape index (κ3) is 3.49. The first kappa shape index (κ1) is 13.9. The van der Waals surface area contributed by atoms with Crippen molar-refractivity contribution >= 4 is 29.9 Å². The highest BCUT2D eigenvalue weighted by Crippen LogP contribution is 2.28. The van der Waals surface area contributed by atoms with Gasteiger partial charge in [0.25, 0.3) is 5.69 Å². The van der Waals surface area contributed by atoms with Gasteiger partial charge in [-0.15, -0.1) is 0 Å². The van der Waals surface area contributed by atoms with Gasteiger partial charge in [-0.3, -0.25) is 10.1 Å². The minimum absolute atomic E-state index is 0.0410. The summed E-state index contributed by atoms with van der Waals surface area (Å²) < 4.78 is 0. The fourth-order valence-corrected chi connectivity index (χ4v) is 2.39. The lowest BCUT2D eigenvalue weighted by molar-refractivity contribution is -0.384. The molecule has 1 unspecified atom stereocenters. The maximum absolute atomic E-state index is 10.6. The molecule has 5 heteroatoms. The monoisotopic (exact) mass is 293 g/mol. The fourth-order valence-electron chi connectivity index (χ4n) is 1.81. The molecule has 0 aromatic heterocycles. The number of hydrogen-bond acceptors (Lipinski definition) is 3. The molecule has 2 aromatic rings. The molecule has 0 N–H and O–H groups in total. The van der Waals surface area contributed by atoms with E-state index in [1.54, 1.807) is 12.1 Å². The standard InChI is InChI=1S/C14H12ClNO2S/c15-13-4-2-1-3-11(13)9-14(19)10-5-7-12(8-6-10)16(17)18/h1-8,14,19H,9H2. The maximum Gasteiger partial charge on any atom is 0.269 e. The molecule has 0 fully saturated rings. The van der Waals surface area contributed by atoms with Crippen LogP contribution in [0.25, 0.3) is 0 Å². The predicted molar refractivity (Wildman–Crippen MR) is 80.0 cm³/mol. The molecule has 0 aliphatic carbocycles. The lowest BCUT2D eigenvalue weighted by Crippen LogP contribution is -1.97. The highest BCUT2D eigenvalue weighted by atomic mass is 35.5. The van der Waals surface area contributed by atoms with Crippen LogP contribution in [0.3, 0.4) is 0 Å². The van der Waals surface area contributed by atoms with Crippen molar-refractivity contribution in [1.82, 2.24) is 0 Å². The SMILES string of the molecule is O=[N+]([O-])c1ccc(C(S)Cc2ccccc2Cl)cc1. The summed E-state index contributed by atoms with van der Waals surface area (Å²) in [5.41, 5.74) is 2.04. The van der Waals surface area contributed by atoms with Crippen LogP contribution >= 0.6 is 24.2 Å². The molecular weight excluding hydrogens is 282 g/mol. The average Bonchev–Trinajstić information content (AvgIpc) is 2.41. The maximum atomic E-state index is 10.6. The number of halogens is 1. The molecular formula is C14H12ClNO2S. The van der Waals surface area contributed by atoms with Gasteiger partial charge in [0, 0.05) is 22.4 Å². The van der Waals surface area contributed by atoms with Crippen LogP contribution in [0.5, 0.6) is 0 Å². The quantitative estimate of drug-likeness (QED) is 0.514. The molecule has 1 atom stereocenters. The van der Waals surface area contributed by atoms with Crippen molar-refractivity contribution in [1.29, 1.82) is 0 Å². The number of hydrogen-bond donors (Lipinski definition) is 1. The number of nitrogens with zero attached hydrogens (tertiary/aromatic N) is 1. The summed E-state index contributed by atoms with van der Waals surface area (Å²) in [6, 6.07) is 14.0. The summed E-state index contributed by atoms with van der Waals surface area (Å²) in [7, 11) is 0. The molecule has 98 valence electrons. The van der Waals surface area contributed by atoms with Gasteiger partial charge in [-0.2, -0.15) is 12.6 Å². The van der Waals surface area contributed by atoms with E-state index < -0.39 is 4.92 Å². The zero-order valence-electron chi connectivity index (χ0n) is 9.99. The Balaban J connectivity index is 2.14. The van der Waals surface area contributed by atoms with E-state index in [1.165, 1.54) is 12.1 Å². The Morgan fingerprint density at radius 2 is 1.79 bits per heavy atom. The van der Waals surface area contributed by atoms with Gasteiger partial charge in [0.15, 0.2) is 0 Å².